The van der Waals surface area contributed by atoms with Crippen LogP contribution in [0.4, 0.5) is 8.78 Å². The molecule has 2 N–H and O–H groups in total. The van der Waals surface area contributed by atoms with Crippen LogP contribution in [0.15, 0.2) is 24.4 Å². The van der Waals surface area contributed by atoms with E-state index in [1.165, 1.54) is 11.6 Å². The summed E-state index contributed by atoms with van der Waals surface area (Å²) in [6, 6.07) is 3.99. The number of hydrogen-bond acceptors (Lipinski definition) is 4. The first-order valence-corrected chi connectivity index (χ1v) is 10.4. The van der Waals surface area contributed by atoms with Crippen LogP contribution >= 0.6 is 0 Å². The van der Waals surface area contributed by atoms with Gasteiger partial charge in [0.25, 0.3) is 0 Å². The van der Waals surface area contributed by atoms with Crippen molar-refractivity contribution in [1.29, 1.82) is 0 Å². The molecule has 5 nitrogen and oxygen atoms in total. The van der Waals surface area contributed by atoms with Gasteiger partial charge in [-0.3, -0.25) is 14.9 Å². The SMILES string of the molecule is Cc1nn(C)cc1C1CC(C)CC(N2CCC(O)(c3ccc(F)c(F)c3)CC2)N1. The van der Waals surface area contributed by atoms with Crippen LogP contribution in [-0.2, 0) is 12.6 Å². The summed E-state index contributed by atoms with van der Waals surface area (Å²) >= 11 is 0. The van der Waals surface area contributed by atoms with Crippen molar-refractivity contribution >= 4 is 0 Å². The number of likely N-dealkylation sites (tertiary alicyclic amines) is 1. The maximum absolute atomic E-state index is 13.6. The zero-order valence-electron chi connectivity index (χ0n) is 17.3. The first kappa shape index (κ1) is 20.4. The van der Waals surface area contributed by atoms with Gasteiger partial charge in [-0.2, -0.15) is 5.10 Å². The standard InChI is InChI=1S/C22H30F2N4O/c1-14-10-20(17-13-27(3)26-15(17)2)25-21(11-14)28-8-6-22(29,7-9-28)16-4-5-18(23)19(24)12-16/h4-5,12-14,20-21,25,29H,6-11H2,1-3H3. The zero-order valence-corrected chi connectivity index (χ0v) is 17.3. The summed E-state index contributed by atoms with van der Waals surface area (Å²) in [5, 5.41) is 19.3. The van der Waals surface area contributed by atoms with Gasteiger partial charge in [0.1, 0.15) is 0 Å². The number of nitrogens with one attached hydrogen (secondary N) is 1. The predicted molar refractivity (Wildman–Crippen MR) is 107 cm³/mol. The van der Waals surface area contributed by atoms with Crippen LogP contribution < -0.4 is 5.32 Å². The number of aryl methyl sites for hydroxylation is 2. The Balaban J connectivity index is 1.44. The molecule has 3 heterocycles. The van der Waals surface area contributed by atoms with Gasteiger partial charge in [-0.15, -0.1) is 0 Å². The molecule has 0 radical (unpaired) electrons. The highest BCUT2D eigenvalue weighted by Crippen LogP contribution is 2.37. The maximum Gasteiger partial charge on any atom is 0.159 e. The molecule has 0 saturated carbocycles. The second kappa shape index (κ2) is 7.78. The fourth-order valence-corrected chi connectivity index (χ4v) is 4.96. The Morgan fingerprint density at radius 2 is 1.90 bits per heavy atom. The lowest BCUT2D eigenvalue weighted by atomic mass is 9.83. The summed E-state index contributed by atoms with van der Waals surface area (Å²) in [6.07, 6.45) is 5.47. The van der Waals surface area contributed by atoms with Gasteiger partial charge in [0, 0.05) is 37.9 Å². The molecule has 2 aliphatic rings. The molecule has 3 unspecified atom stereocenters. The Morgan fingerprint density at radius 3 is 2.52 bits per heavy atom. The Kier molecular flexibility index (Phi) is 5.48. The van der Waals surface area contributed by atoms with Crippen LogP contribution in [0, 0.1) is 24.5 Å². The molecule has 2 fully saturated rings. The summed E-state index contributed by atoms with van der Waals surface area (Å²) in [6.45, 7) is 5.75. The molecule has 158 valence electrons. The summed E-state index contributed by atoms with van der Waals surface area (Å²) in [5.74, 6) is -1.21. The van der Waals surface area contributed by atoms with Crippen molar-refractivity contribution < 1.29 is 13.9 Å². The number of piperidine rings is 2. The van der Waals surface area contributed by atoms with Crippen molar-refractivity contribution in [3.05, 3.63) is 52.9 Å². The third-order valence-corrected chi connectivity index (χ3v) is 6.61. The first-order valence-electron chi connectivity index (χ1n) is 10.4. The predicted octanol–water partition coefficient (Wildman–Crippen LogP) is 3.38. The van der Waals surface area contributed by atoms with Gasteiger partial charge in [0.2, 0.25) is 0 Å². The van der Waals surface area contributed by atoms with Crippen molar-refractivity contribution in [2.24, 2.45) is 13.0 Å². The molecule has 7 heteroatoms. The van der Waals surface area contributed by atoms with Crippen molar-refractivity contribution in [3.63, 3.8) is 0 Å². The molecule has 2 aromatic rings. The average Bonchev–Trinajstić information content (AvgIpc) is 3.02. The Morgan fingerprint density at radius 1 is 1.17 bits per heavy atom. The molecule has 29 heavy (non-hydrogen) atoms. The smallest absolute Gasteiger partial charge is 0.159 e. The molecule has 3 atom stereocenters. The highest BCUT2D eigenvalue weighted by Gasteiger charge is 2.39. The van der Waals surface area contributed by atoms with Crippen LogP contribution in [0.2, 0.25) is 0 Å². The first-order chi connectivity index (χ1) is 13.7. The molecule has 0 aliphatic carbocycles. The molecular weight excluding hydrogens is 374 g/mol. The zero-order chi connectivity index (χ0) is 20.8. The van der Waals surface area contributed by atoms with E-state index in [0.29, 0.717) is 37.4 Å². The van der Waals surface area contributed by atoms with Crippen LogP contribution in [0.25, 0.3) is 0 Å². The monoisotopic (exact) mass is 404 g/mol. The number of hydrogen-bond donors (Lipinski definition) is 2. The minimum Gasteiger partial charge on any atom is -0.385 e. The molecular formula is C22H30F2N4O. The molecule has 2 aliphatic heterocycles. The number of nitrogens with zero attached hydrogens (tertiary/aromatic N) is 3. The molecule has 0 amide bonds. The molecule has 1 aromatic heterocycles. The second-order valence-electron chi connectivity index (χ2n) is 8.85. The maximum atomic E-state index is 13.6. The highest BCUT2D eigenvalue weighted by atomic mass is 19.2. The summed E-state index contributed by atoms with van der Waals surface area (Å²) in [7, 11) is 1.95. The minimum atomic E-state index is -1.11. The number of aliphatic hydroxyl groups is 1. The number of rotatable bonds is 3. The Labute approximate surface area is 170 Å². The third-order valence-electron chi connectivity index (χ3n) is 6.61. The molecule has 2 saturated heterocycles. The number of aromatic nitrogens is 2. The fourth-order valence-electron chi connectivity index (χ4n) is 4.96. The highest BCUT2D eigenvalue weighted by molar-refractivity contribution is 5.25. The summed E-state index contributed by atoms with van der Waals surface area (Å²) in [4.78, 5) is 2.38. The van der Waals surface area contributed by atoms with E-state index in [2.05, 4.69) is 28.4 Å². The minimum absolute atomic E-state index is 0.234. The van der Waals surface area contributed by atoms with Crippen LogP contribution in [0.3, 0.4) is 0 Å². The lowest BCUT2D eigenvalue weighted by Crippen LogP contribution is -2.55. The molecule has 1 aromatic carbocycles. The van der Waals surface area contributed by atoms with Gasteiger partial charge in [0.15, 0.2) is 11.6 Å². The van der Waals surface area contributed by atoms with E-state index in [0.717, 1.165) is 30.7 Å². The van der Waals surface area contributed by atoms with E-state index in [-0.39, 0.29) is 12.2 Å². The van der Waals surface area contributed by atoms with E-state index < -0.39 is 17.2 Å². The number of benzene rings is 1. The van der Waals surface area contributed by atoms with E-state index >= 15 is 0 Å². The average molecular weight is 405 g/mol. The molecule has 0 spiro atoms. The van der Waals surface area contributed by atoms with Gasteiger partial charge < -0.3 is 5.11 Å². The summed E-state index contributed by atoms with van der Waals surface area (Å²) in [5.41, 5.74) is 1.67. The van der Waals surface area contributed by atoms with E-state index in [1.807, 2.05) is 18.7 Å². The lowest BCUT2D eigenvalue weighted by Gasteiger charge is -2.46. The number of halogens is 2. The summed E-state index contributed by atoms with van der Waals surface area (Å²) < 4.78 is 28.8. The van der Waals surface area contributed by atoms with E-state index in [4.69, 9.17) is 0 Å². The van der Waals surface area contributed by atoms with Gasteiger partial charge in [-0.25, -0.2) is 8.78 Å². The van der Waals surface area contributed by atoms with Gasteiger partial charge in [-0.05, 0) is 56.2 Å². The second-order valence-corrected chi connectivity index (χ2v) is 8.85. The van der Waals surface area contributed by atoms with E-state index in [1.54, 1.807) is 0 Å². The Bertz CT molecular complexity index is 876. The quantitative estimate of drug-likeness (QED) is 0.824. The Hall–Kier alpha value is -1.83. The van der Waals surface area contributed by atoms with Gasteiger partial charge in [0.05, 0.1) is 17.5 Å². The van der Waals surface area contributed by atoms with Gasteiger partial charge in [-0.1, -0.05) is 13.0 Å². The molecule has 4 rings (SSSR count). The van der Waals surface area contributed by atoms with Crippen LogP contribution in [-0.4, -0.2) is 39.0 Å². The van der Waals surface area contributed by atoms with Crippen LogP contribution in [0.1, 0.15) is 55.5 Å². The van der Waals surface area contributed by atoms with E-state index in [9.17, 15) is 13.9 Å². The van der Waals surface area contributed by atoms with Gasteiger partial charge >= 0.3 is 0 Å². The normalized spacial score (nSPS) is 27.9. The fraction of sp³-hybridized carbons (Fsp3) is 0.591. The third kappa shape index (κ3) is 4.09. The van der Waals surface area contributed by atoms with Crippen molar-refractivity contribution in [2.45, 2.75) is 57.3 Å². The van der Waals surface area contributed by atoms with Crippen LogP contribution in [0.5, 0.6) is 0 Å². The van der Waals surface area contributed by atoms with Crippen molar-refractivity contribution in [3.8, 4) is 0 Å². The van der Waals surface area contributed by atoms with Crippen molar-refractivity contribution in [2.75, 3.05) is 13.1 Å². The molecule has 0 bridgehead atoms. The lowest BCUT2D eigenvalue weighted by molar-refractivity contribution is -0.0475. The largest absolute Gasteiger partial charge is 0.385 e. The van der Waals surface area contributed by atoms with Crippen molar-refractivity contribution in [1.82, 2.24) is 20.0 Å². The topological polar surface area (TPSA) is 53.3 Å².